The van der Waals surface area contributed by atoms with Gasteiger partial charge in [-0.15, -0.1) is 0 Å². The Kier molecular flexibility index (Phi) is 4.82. The highest BCUT2D eigenvalue weighted by Gasteiger charge is 2.31. The fraction of sp³-hybridized carbons (Fsp3) is 0.316. The highest BCUT2D eigenvalue weighted by Crippen LogP contribution is 2.22. The zero-order valence-corrected chi connectivity index (χ0v) is 12.8. The Morgan fingerprint density at radius 1 is 0.826 bits per heavy atom. The number of carbonyl (C=O) groups excluding carboxylic acids is 1. The molecule has 120 valence electrons. The molecule has 1 heterocycles. The molecule has 2 atom stereocenters. The number of hydrogen-bond donors (Lipinski definition) is 1. The maximum atomic E-state index is 13.8. The maximum absolute atomic E-state index is 13.8. The Labute approximate surface area is 134 Å². The van der Waals surface area contributed by atoms with E-state index in [2.05, 4.69) is 5.32 Å². The van der Waals surface area contributed by atoms with E-state index in [1.54, 1.807) is 36.4 Å². The fourth-order valence-electron chi connectivity index (χ4n) is 3.17. The van der Waals surface area contributed by atoms with Crippen molar-refractivity contribution in [2.75, 3.05) is 13.1 Å². The summed E-state index contributed by atoms with van der Waals surface area (Å²) in [5.41, 5.74) is 1.11. The van der Waals surface area contributed by atoms with Gasteiger partial charge in [0, 0.05) is 24.9 Å². The molecule has 2 aromatic rings. The summed E-state index contributed by atoms with van der Waals surface area (Å²) in [6.07, 6.45) is 0.762. The first-order valence-electron chi connectivity index (χ1n) is 7.86. The van der Waals surface area contributed by atoms with Gasteiger partial charge in [0.25, 0.3) is 0 Å². The number of benzene rings is 2. The first-order chi connectivity index (χ1) is 11.1. The van der Waals surface area contributed by atoms with Crippen molar-refractivity contribution in [3.8, 4) is 0 Å². The van der Waals surface area contributed by atoms with Crippen LogP contribution in [-0.4, -0.2) is 18.9 Å². The molecule has 2 nitrogen and oxygen atoms in total. The van der Waals surface area contributed by atoms with Crippen LogP contribution in [0.5, 0.6) is 0 Å². The van der Waals surface area contributed by atoms with E-state index >= 15 is 0 Å². The summed E-state index contributed by atoms with van der Waals surface area (Å²) in [6, 6.07) is 13.1. The van der Waals surface area contributed by atoms with Crippen LogP contribution in [0.3, 0.4) is 0 Å². The normalized spacial score (nSPS) is 21.4. The third-order valence-corrected chi connectivity index (χ3v) is 4.43. The lowest BCUT2D eigenvalue weighted by Crippen LogP contribution is -2.45. The summed E-state index contributed by atoms with van der Waals surface area (Å²) in [6.45, 7) is 1.09. The highest BCUT2D eigenvalue weighted by atomic mass is 19.1. The van der Waals surface area contributed by atoms with Crippen LogP contribution in [0.1, 0.15) is 11.1 Å². The fourth-order valence-corrected chi connectivity index (χ4v) is 3.17. The maximum Gasteiger partial charge on any atom is 0.142 e. The van der Waals surface area contributed by atoms with Crippen molar-refractivity contribution in [1.82, 2.24) is 5.32 Å². The van der Waals surface area contributed by atoms with Gasteiger partial charge in [0.1, 0.15) is 17.4 Å². The summed E-state index contributed by atoms with van der Waals surface area (Å²) in [7, 11) is 0. The van der Waals surface area contributed by atoms with Gasteiger partial charge in [0.05, 0.1) is 0 Å². The molecular weight excluding hydrogens is 296 g/mol. The van der Waals surface area contributed by atoms with Gasteiger partial charge in [-0.3, -0.25) is 4.79 Å². The number of nitrogens with one attached hydrogen (secondary N) is 1. The van der Waals surface area contributed by atoms with E-state index in [1.165, 1.54) is 12.1 Å². The molecule has 0 saturated carbocycles. The molecular formula is C19H19F2NO. The van der Waals surface area contributed by atoms with Crippen LogP contribution >= 0.6 is 0 Å². The van der Waals surface area contributed by atoms with Crippen molar-refractivity contribution >= 4 is 5.78 Å². The van der Waals surface area contributed by atoms with Crippen LogP contribution in [0.15, 0.2) is 48.5 Å². The van der Waals surface area contributed by atoms with E-state index in [9.17, 15) is 13.6 Å². The minimum atomic E-state index is -0.281. The number of carbonyl (C=O) groups is 1. The van der Waals surface area contributed by atoms with Gasteiger partial charge in [0.15, 0.2) is 0 Å². The van der Waals surface area contributed by atoms with Crippen molar-refractivity contribution in [2.24, 2.45) is 11.8 Å². The summed E-state index contributed by atoms with van der Waals surface area (Å²) >= 11 is 0. The van der Waals surface area contributed by atoms with Gasteiger partial charge in [-0.05, 0) is 36.1 Å². The van der Waals surface area contributed by atoms with Crippen LogP contribution in [0, 0.1) is 23.5 Å². The molecule has 2 unspecified atom stereocenters. The molecule has 4 heteroatoms. The lowest BCUT2D eigenvalue weighted by molar-refractivity contribution is -0.128. The van der Waals surface area contributed by atoms with Crippen molar-refractivity contribution in [3.63, 3.8) is 0 Å². The Balaban J connectivity index is 1.71. The Bertz CT molecular complexity index is 644. The topological polar surface area (TPSA) is 29.1 Å². The molecule has 1 saturated heterocycles. The number of rotatable bonds is 4. The molecule has 0 amide bonds. The average molecular weight is 315 g/mol. The van der Waals surface area contributed by atoms with E-state index in [0.717, 1.165) is 0 Å². The van der Waals surface area contributed by atoms with E-state index in [4.69, 9.17) is 0 Å². The zero-order valence-electron chi connectivity index (χ0n) is 12.8. The SMILES string of the molecule is O=C1C(Cc2ccccc2F)CNCC1Cc1ccccc1F. The predicted octanol–water partition coefficient (Wildman–Crippen LogP) is 3.15. The first kappa shape index (κ1) is 15.8. The van der Waals surface area contributed by atoms with Crippen LogP contribution in [-0.2, 0) is 17.6 Å². The molecule has 0 bridgehead atoms. The second kappa shape index (κ2) is 7.01. The van der Waals surface area contributed by atoms with Gasteiger partial charge in [0.2, 0.25) is 0 Å². The third kappa shape index (κ3) is 3.64. The summed E-state index contributed by atoms with van der Waals surface area (Å²) in [5, 5.41) is 3.23. The summed E-state index contributed by atoms with van der Waals surface area (Å²) in [5.74, 6) is -1.00. The molecule has 0 aromatic heterocycles. The van der Waals surface area contributed by atoms with Crippen molar-refractivity contribution < 1.29 is 13.6 Å². The van der Waals surface area contributed by atoms with Crippen LogP contribution in [0.2, 0.25) is 0 Å². The van der Waals surface area contributed by atoms with Crippen molar-refractivity contribution in [1.29, 1.82) is 0 Å². The monoisotopic (exact) mass is 315 g/mol. The second-order valence-electron chi connectivity index (χ2n) is 6.05. The predicted molar refractivity (Wildman–Crippen MR) is 85.1 cm³/mol. The lowest BCUT2D eigenvalue weighted by atomic mass is 9.82. The van der Waals surface area contributed by atoms with Crippen molar-refractivity contribution in [2.45, 2.75) is 12.8 Å². The Morgan fingerprint density at radius 3 is 1.70 bits per heavy atom. The van der Waals surface area contributed by atoms with Gasteiger partial charge >= 0.3 is 0 Å². The Morgan fingerprint density at radius 2 is 1.26 bits per heavy atom. The number of ketones is 1. The van der Waals surface area contributed by atoms with Gasteiger partial charge in [-0.2, -0.15) is 0 Å². The first-order valence-corrected chi connectivity index (χ1v) is 7.86. The van der Waals surface area contributed by atoms with Crippen LogP contribution in [0.25, 0.3) is 0 Å². The molecule has 2 aromatic carbocycles. The summed E-state index contributed by atoms with van der Waals surface area (Å²) < 4.78 is 27.6. The lowest BCUT2D eigenvalue weighted by Gasteiger charge is -2.29. The van der Waals surface area contributed by atoms with Crippen LogP contribution in [0.4, 0.5) is 8.78 Å². The summed E-state index contributed by atoms with van der Waals surface area (Å²) in [4.78, 5) is 12.7. The van der Waals surface area contributed by atoms with Gasteiger partial charge < -0.3 is 5.32 Å². The minimum Gasteiger partial charge on any atom is -0.315 e. The van der Waals surface area contributed by atoms with Crippen molar-refractivity contribution in [3.05, 3.63) is 71.3 Å². The molecule has 1 fully saturated rings. The smallest absolute Gasteiger partial charge is 0.142 e. The molecule has 3 rings (SSSR count). The van der Waals surface area contributed by atoms with E-state index in [0.29, 0.717) is 37.1 Å². The highest BCUT2D eigenvalue weighted by molar-refractivity contribution is 5.85. The largest absolute Gasteiger partial charge is 0.315 e. The quantitative estimate of drug-likeness (QED) is 0.939. The standard InChI is InChI=1S/C19H19F2NO/c20-17-7-3-1-5-13(17)9-15-11-22-12-16(19(15)23)10-14-6-2-4-8-18(14)21/h1-8,15-16,22H,9-12H2. The number of Topliss-reactive ketones (excluding diaryl/α,β-unsaturated/α-hetero) is 1. The number of piperidine rings is 1. The van der Waals surface area contributed by atoms with E-state index in [1.807, 2.05) is 0 Å². The molecule has 0 aliphatic carbocycles. The van der Waals surface area contributed by atoms with E-state index in [-0.39, 0.29) is 29.3 Å². The Hall–Kier alpha value is -2.07. The number of hydrogen-bond acceptors (Lipinski definition) is 2. The number of halogens is 2. The molecule has 1 aliphatic heterocycles. The molecule has 0 spiro atoms. The average Bonchev–Trinajstić information content (AvgIpc) is 2.55. The third-order valence-electron chi connectivity index (χ3n) is 4.43. The molecule has 1 aliphatic rings. The second-order valence-corrected chi connectivity index (χ2v) is 6.05. The molecule has 0 radical (unpaired) electrons. The molecule has 1 N–H and O–H groups in total. The van der Waals surface area contributed by atoms with Crippen LogP contribution < -0.4 is 5.32 Å². The minimum absolute atomic E-state index is 0.0928. The van der Waals surface area contributed by atoms with Gasteiger partial charge in [-0.1, -0.05) is 36.4 Å². The molecule has 23 heavy (non-hydrogen) atoms. The zero-order chi connectivity index (χ0) is 16.2. The van der Waals surface area contributed by atoms with Gasteiger partial charge in [-0.25, -0.2) is 8.78 Å². The van der Waals surface area contributed by atoms with E-state index < -0.39 is 0 Å².